The van der Waals surface area contributed by atoms with Crippen molar-refractivity contribution >= 4 is 11.9 Å². The normalized spacial score (nSPS) is 14.5. The first-order valence-corrected chi connectivity index (χ1v) is 5.60. The molecule has 1 aromatic rings. The predicted octanol–water partition coefficient (Wildman–Crippen LogP) is 0.484. The van der Waals surface area contributed by atoms with E-state index in [0.717, 1.165) is 18.5 Å². The van der Waals surface area contributed by atoms with Crippen molar-refractivity contribution in [2.45, 2.75) is 25.8 Å². The number of methoxy groups -OCH3 is 1. The van der Waals surface area contributed by atoms with Crippen LogP contribution >= 0.6 is 0 Å². The lowest BCUT2D eigenvalue weighted by molar-refractivity contribution is -0.115. The van der Waals surface area contributed by atoms with Crippen molar-refractivity contribution in [1.82, 2.24) is 15.3 Å². The van der Waals surface area contributed by atoms with Crippen LogP contribution in [-0.4, -0.2) is 35.6 Å². The first kappa shape index (κ1) is 11.8. The number of hydrogen-bond donors (Lipinski definition) is 2. The fourth-order valence-corrected chi connectivity index (χ4v) is 1.39. The standard InChI is InChI=1S/C11H16N4O2/c1-7-5-10(17-2)15-11(13-7)14-9(16)6-12-8-3-4-8/h5,8,12H,3-4,6H2,1-2H3,(H,13,14,15,16). The van der Waals surface area contributed by atoms with Crippen LogP contribution in [0.15, 0.2) is 6.07 Å². The van der Waals surface area contributed by atoms with Crippen LogP contribution in [0.1, 0.15) is 18.5 Å². The Labute approximate surface area is 99.8 Å². The van der Waals surface area contributed by atoms with Gasteiger partial charge in [-0.15, -0.1) is 0 Å². The summed E-state index contributed by atoms with van der Waals surface area (Å²) in [5.74, 6) is 0.594. The fourth-order valence-electron chi connectivity index (χ4n) is 1.39. The summed E-state index contributed by atoms with van der Waals surface area (Å²) in [6.07, 6.45) is 2.31. The molecule has 2 N–H and O–H groups in total. The highest BCUT2D eigenvalue weighted by Crippen LogP contribution is 2.18. The van der Waals surface area contributed by atoms with Crippen LogP contribution in [-0.2, 0) is 4.79 Å². The highest BCUT2D eigenvalue weighted by Gasteiger charge is 2.21. The van der Waals surface area contributed by atoms with Crippen LogP contribution in [0, 0.1) is 6.92 Å². The second-order valence-electron chi connectivity index (χ2n) is 4.08. The van der Waals surface area contributed by atoms with Gasteiger partial charge in [0.2, 0.25) is 17.7 Å². The number of rotatable bonds is 5. The van der Waals surface area contributed by atoms with Crippen molar-refractivity contribution < 1.29 is 9.53 Å². The van der Waals surface area contributed by atoms with Crippen molar-refractivity contribution in [3.8, 4) is 5.88 Å². The molecule has 0 radical (unpaired) electrons. The Kier molecular flexibility index (Phi) is 3.53. The van der Waals surface area contributed by atoms with Gasteiger partial charge in [-0.05, 0) is 19.8 Å². The third-order valence-corrected chi connectivity index (χ3v) is 2.42. The zero-order valence-corrected chi connectivity index (χ0v) is 9.99. The van der Waals surface area contributed by atoms with E-state index in [1.165, 1.54) is 7.11 Å². The first-order chi connectivity index (χ1) is 8.17. The Morgan fingerprint density at radius 3 is 2.94 bits per heavy atom. The fraction of sp³-hybridized carbons (Fsp3) is 0.545. The monoisotopic (exact) mass is 236 g/mol. The number of amides is 1. The van der Waals surface area contributed by atoms with E-state index in [1.807, 2.05) is 6.92 Å². The molecule has 17 heavy (non-hydrogen) atoms. The number of ether oxygens (including phenoxy) is 1. The molecule has 0 unspecified atom stereocenters. The lowest BCUT2D eigenvalue weighted by Gasteiger charge is -2.06. The molecule has 2 rings (SSSR count). The van der Waals surface area contributed by atoms with Gasteiger partial charge >= 0.3 is 0 Å². The molecule has 0 aromatic carbocycles. The molecule has 1 fully saturated rings. The van der Waals surface area contributed by atoms with Gasteiger partial charge in [0.05, 0.1) is 13.7 Å². The summed E-state index contributed by atoms with van der Waals surface area (Å²) in [6.45, 7) is 2.12. The molecule has 0 atom stereocenters. The van der Waals surface area contributed by atoms with Crippen LogP contribution in [0.5, 0.6) is 5.88 Å². The van der Waals surface area contributed by atoms with Gasteiger partial charge in [-0.2, -0.15) is 4.98 Å². The number of carbonyl (C=O) groups is 1. The smallest absolute Gasteiger partial charge is 0.240 e. The largest absolute Gasteiger partial charge is 0.481 e. The van der Waals surface area contributed by atoms with Gasteiger partial charge in [-0.3, -0.25) is 10.1 Å². The molecular weight excluding hydrogens is 220 g/mol. The van der Waals surface area contributed by atoms with Gasteiger partial charge in [0.25, 0.3) is 0 Å². The molecule has 1 aliphatic carbocycles. The van der Waals surface area contributed by atoms with Gasteiger partial charge in [0.1, 0.15) is 0 Å². The Morgan fingerprint density at radius 1 is 1.53 bits per heavy atom. The molecule has 0 aliphatic heterocycles. The van der Waals surface area contributed by atoms with E-state index in [-0.39, 0.29) is 11.9 Å². The van der Waals surface area contributed by atoms with Gasteiger partial charge in [-0.25, -0.2) is 4.98 Å². The number of aromatic nitrogens is 2. The third-order valence-electron chi connectivity index (χ3n) is 2.42. The molecule has 1 amide bonds. The Balaban J connectivity index is 1.91. The molecule has 1 aromatic heterocycles. The predicted molar refractivity (Wildman–Crippen MR) is 63.0 cm³/mol. The summed E-state index contributed by atoms with van der Waals surface area (Å²) in [5.41, 5.74) is 0.752. The highest BCUT2D eigenvalue weighted by molar-refractivity contribution is 5.90. The molecule has 0 bridgehead atoms. The van der Waals surface area contributed by atoms with Crippen LogP contribution in [0.25, 0.3) is 0 Å². The molecule has 6 heteroatoms. The van der Waals surface area contributed by atoms with E-state index in [0.29, 0.717) is 18.5 Å². The number of anilines is 1. The summed E-state index contributed by atoms with van der Waals surface area (Å²) in [6, 6.07) is 2.21. The Bertz CT molecular complexity index is 418. The van der Waals surface area contributed by atoms with Gasteiger partial charge in [0, 0.05) is 17.8 Å². The SMILES string of the molecule is COc1cc(C)nc(NC(=O)CNC2CC2)n1. The highest BCUT2D eigenvalue weighted by atomic mass is 16.5. The number of nitrogens with one attached hydrogen (secondary N) is 2. The summed E-state index contributed by atoms with van der Waals surface area (Å²) in [7, 11) is 1.53. The van der Waals surface area contributed by atoms with E-state index in [1.54, 1.807) is 6.07 Å². The zero-order chi connectivity index (χ0) is 12.3. The summed E-state index contributed by atoms with van der Waals surface area (Å²) in [5, 5.41) is 5.76. The lowest BCUT2D eigenvalue weighted by atomic mass is 10.4. The molecule has 6 nitrogen and oxygen atoms in total. The number of hydrogen-bond acceptors (Lipinski definition) is 5. The number of nitrogens with zero attached hydrogens (tertiary/aromatic N) is 2. The number of aryl methyl sites for hydroxylation is 1. The lowest BCUT2D eigenvalue weighted by Crippen LogP contribution is -2.30. The number of carbonyl (C=O) groups excluding carboxylic acids is 1. The molecule has 0 saturated heterocycles. The van der Waals surface area contributed by atoms with E-state index in [2.05, 4.69) is 20.6 Å². The molecule has 92 valence electrons. The second kappa shape index (κ2) is 5.09. The van der Waals surface area contributed by atoms with Crippen molar-refractivity contribution in [2.24, 2.45) is 0 Å². The van der Waals surface area contributed by atoms with E-state index >= 15 is 0 Å². The molecule has 1 saturated carbocycles. The topological polar surface area (TPSA) is 76.1 Å². The molecule has 1 aliphatic rings. The minimum atomic E-state index is -0.135. The Hall–Kier alpha value is -1.69. The summed E-state index contributed by atoms with van der Waals surface area (Å²) >= 11 is 0. The molecule has 1 heterocycles. The maximum absolute atomic E-state index is 11.6. The van der Waals surface area contributed by atoms with Crippen LogP contribution < -0.4 is 15.4 Å². The van der Waals surface area contributed by atoms with Crippen molar-refractivity contribution in [3.63, 3.8) is 0 Å². The van der Waals surface area contributed by atoms with Crippen LogP contribution in [0.3, 0.4) is 0 Å². The second-order valence-corrected chi connectivity index (χ2v) is 4.08. The first-order valence-electron chi connectivity index (χ1n) is 5.60. The summed E-state index contributed by atoms with van der Waals surface area (Å²) < 4.78 is 5.01. The van der Waals surface area contributed by atoms with Crippen LogP contribution in [0.4, 0.5) is 5.95 Å². The van der Waals surface area contributed by atoms with E-state index < -0.39 is 0 Å². The minimum absolute atomic E-state index is 0.135. The van der Waals surface area contributed by atoms with E-state index in [9.17, 15) is 4.79 Å². The quantitative estimate of drug-likeness (QED) is 0.778. The van der Waals surface area contributed by atoms with Gasteiger partial charge in [0.15, 0.2) is 0 Å². The van der Waals surface area contributed by atoms with Crippen molar-refractivity contribution in [2.75, 3.05) is 19.0 Å². The Morgan fingerprint density at radius 2 is 2.29 bits per heavy atom. The molecule has 0 spiro atoms. The van der Waals surface area contributed by atoms with Crippen LogP contribution in [0.2, 0.25) is 0 Å². The average molecular weight is 236 g/mol. The maximum Gasteiger partial charge on any atom is 0.240 e. The van der Waals surface area contributed by atoms with Gasteiger partial charge in [-0.1, -0.05) is 0 Å². The third kappa shape index (κ3) is 3.67. The van der Waals surface area contributed by atoms with E-state index in [4.69, 9.17) is 4.74 Å². The molecular formula is C11H16N4O2. The zero-order valence-electron chi connectivity index (χ0n) is 9.99. The average Bonchev–Trinajstić information content (AvgIpc) is 3.09. The van der Waals surface area contributed by atoms with Gasteiger partial charge < -0.3 is 10.1 Å². The van der Waals surface area contributed by atoms with Crippen molar-refractivity contribution in [1.29, 1.82) is 0 Å². The van der Waals surface area contributed by atoms with Crippen molar-refractivity contribution in [3.05, 3.63) is 11.8 Å². The maximum atomic E-state index is 11.6. The minimum Gasteiger partial charge on any atom is -0.481 e. The summed E-state index contributed by atoms with van der Waals surface area (Å²) in [4.78, 5) is 19.7.